The number of nitrogens with one attached hydrogen (secondary N) is 3. The maximum absolute atomic E-state index is 15.7. The summed E-state index contributed by atoms with van der Waals surface area (Å²) in [5.41, 5.74) is -7.55. The Kier molecular flexibility index (Phi) is 22.4. The van der Waals surface area contributed by atoms with Crippen LogP contribution in [0, 0.1) is 40.5 Å². The van der Waals surface area contributed by atoms with Crippen LogP contribution in [0.25, 0.3) is 14.5 Å². The van der Waals surface area contributed by atoms with Gasteiger partial charge in [0.25, 0.3) is 25.2 Å². The van der Waals surface area contributed by atoms with E-state index in [9.17, 15) is 28.8 Å². The van der Waals surface area contributed by atoms with E-state index in [1.54, 1.807) is 6.92 Å². The van der Waals surface area contributed by atoms with E-state index in [0.717, 1.165) is 4.57 Å². The summed E-state index contributed by atoms with van der Waals surface area (Å²) in [5, 5.41) is 0. The van der Waals surface area contributed by atoms with Crippen LogP contribution in [0.15, 0.2) is 47.4 Å². The van der Waals surface area contributed by atoms with Gasteiger partial charge in [0.2, 0.25) is 19.6 Å². The zero-order valence-corrected chi connectivity index (χ0v) is 50.6. The number of aromatic nitrogens is 6. The van der Waals surface area contributed by atoms with E-state index < -0.39 is 138 Å². The van der Waals surface area contributed by atoms with Crippen LogP contribution in [0.2, 0.25) is 0 Å². The van der Waals surface area contributed by atoms with Gasteiger partial charge in [-0.1, -0.05) is 6.92 Å². The van der Waals surface area contributed by atoms with E-state index in [0.29, 0.717) is 0 Å². The van der Waals surface area contributed by atoms with Gasteiger partial charge in [-0.2, -0.15) is 0 Å². The van der Waals surface area contributed by atoms with Gasteiger partial charge in [-0.25, -0.2) is 47.9 Å². The Morgan fingerprint density at radius 1 is 0.622 bits per heavy atom. The van der Waals surface area contributed by atoms with Gasteiger partial charge in [0.15, 0.2) is 0 Å². The Bertz CT molecular complexity index is 3330. The smallest absolute Gasteiger partial charge is 0.352 e. The zero-order valence-electron chi connectivity index (χ0n) is 47.9. The molecule has 3 saturated heterocycles. The fourth-order valence-electron chi connectivity index (χ4n) is 9.76. The van der Waals surface area contributed by atoms with Crippen molar-refractivity contribution in [2.45, 2.75) is 187 Å². The van der Waals surface area contributed by atoms with Crippen LogP contribution in [0.3, 0.4) is 0 Å². The lowest BCUT2D eigenvalue weighted by atomic mass is 9.97. The Morgan fingerprint density at radius 3 is 1.39 bits per heavy atom. The van der Waals surface area contributed by atoms with Crippen LogP contribution in [0.5, 0.6) is 0 Å². The molecule has 3 aromatic heterocycles. The standard InChI is InChI=1S/C50H73N10O19P3/c1-16-34-35(23-38(72-34)57-26-31(6)43(61)54-46(57)64)76-81(67,70-21-18-52-14)79-50(11,12)42-37(25-40(74-42)59-28-33(8)45(63)56-48(59)66)77-82(68,71-22-19-53-15)78-49(9,10)41-36(24-39(73-41)58-27-32(7)44(62)55-47(58)65)75-80(69-20-17-51-13)60(29(2)3)30(4)5/h26-30,34-42H,16-25H2,1-12H3,(H,54,61,64)(H,55,62,65)(H,56,63,66)/t34-,35-,36-,37-,38-,39-,40-,41+,42+,80?,81?,82?/m1/s1. The third-order valence-corrected chi connectivity index (χ3v) is 19.1. The second-order valence-corrected chi connectivity index (χ2v) is 25.9. The third-order valence-electron chi connectivity index (χ3n) is 13.5. The zero-order chi connectivity index (χ0) is 60.6. The minimum atomic E-state index is -5.11. The fourth-order valence-corrected chi connectivity index (χ4v) is 14.9. The summed E-state index contributed by atoms with van der Waals surface area (Å²) >= 11 is 0. The topological polar surface area (TPSA) is 317 Å². The monoisotopic (exact) mass is 1210 g/mol. The van der Waals surface area contributed by atoms with Crippen LogP contribution in [-0.4, -0.2) is 133 Å². The summed E-state index contributed by atoms with van der Waals surface area (Å²) in [4.78, 5) is 94.1. The number of hydrogen-bond donors (Lipinski definition) is 3. The van der Waals surface area contributed by atoms with Crippen LogP contribution in [-0.2, 0) is 59.5 Å². The van der Waals surface area contributed by atoms with Gasteiger partial charge in [0.1, 0.15) is 68.0 Å². The molecule has 12 atom stereocenters. The molecule has 0 bridgehead atoms. The van der Waals surface area contributed by atoms with Crippen molar-refractivity contribution in [1.82, 2.24) is 33.3 Å². The van der Waals surface area contributed by atoms with Crippen LogP contribution in [0.4, 0.5) is 0 Å². The molecule has 32 heteroatoms. The van der Waals surface area contributed by atoms with Crippen molar-refractivity contribution in [2.24, 2.45) is 0 Å². The van der Waals surface area contributed by atoms with E-state index in [1.165, 1.54) is 76.2 Å². The summed E-state index contributed by atoms with van der Waals surface area (Å²) in [7, 11) is -12.0. The predicted octanol–water partition coefficient (Wildman–Crippen LogP) is 5.95. The molecule has 0 aliphatic carbocycles. The van der Waals surface area contributed by atoms with E-state index >= 15 is 9.13 Å². The van der Waals surface area contributed by atoms with Crippen LogP contribution < -0.4 is 33.7 Å². The molecule has 3 fully saturated rings. The van der Waals surface area contributed by atoms with Crippen molar-refractivity contribution < 1.29 is 59.5 Å². The van der Waals surface area contributed by atoms with E-state index in [2.05, 4.69) is 29.5 Å². The lowest BCUT2D eigenvalue weighted by Crippen LogP contribution is -2.47. The molecule has 452 valence electrons. The number of phosphoric ester groups is 2. The van der Waals surface area contributed by atoms with Crippen molar-refractivity contribution in [2.75, 3.05) is 39.5 Å². The predicted molar refractivity (Wildman–Crippen MR) is 296 cm³/mol. The lowest BCUT2D eigenvalue weighted by Gasteiger charge is -2.40. The SMILES string of the molecule is [C-]#[N+]CCOP(O[C@@H]1C[C@H](n2cc(C)c(=O)[nH]c2=O)O[C@@H]1C(C)(C)OP(=O)(OCC[N+]#[C-])O[C@@H]1C[C@H](n2cc(C)c(=O)[nH]c2=O)O[C@@H]1C(C)(C)OP(=O)(OCC[N+]#[C-])O[C@@H]1C[C@H](n2cc(C)c(=O)[nH]c2=O)O[C@@H]1CC)N(C(C)C)C(C)C. The number of nitrogens with zero attached hydrogens (tertiary/aromatic N) is 7. The van der Waals surface area contributed by atoms with Gasteiger partial charge in [0.05, 0.1) is 18.3 Å². The number of rotatable bonds is 28. The van der Waals surface area contributed by atoms with Crippen LogP contribution >= 0.6 is 24.2 Å². The maximum Gasteiger partial charge on any atom is 0.476 e. The number of aryl methyl sites for hydroxylation is 3. The largest absolute Gasteiger partial charge is 0.476 e. The maximum atomic E-state index is 15.7. The molecule has 6 heterocycles. The molecule has 82 heavy (non-hydrogen) atoms. The first kappa shape index (κ1) is 66.1. The van der Waals surface area contributed by atoms with Gasteiger partial charge in [-0.05, 0) is 82.6 Å². The first-order valence-electron chi connectivity index (χ1n) is 26.6. The molecule has 0 aromatic carbocycles. The minimum absolute atomic E-state index is 0.00348. The molecule has 3 unspecified atom stereocenters. The molecule has 3 N–H and O–H groups in total. The second-order valence-electron chi connectivity index (χ2n) is 21.4. The van der Waals surface area contributed by atoms with Crippen molar-refractivity contribution in [3.05, 3.63) is 132 Å². The molecular formula is C50H73N10O19P3. The van der Waals surface area contributed by atoms with Gasteiger partial charge in [-0.3, -0.25) is 70.2 Å². The highest BCUT2D eigenvalue weighted by Gasteiger charge is 2.57. The normalized spacial score (nSPS) is 25.0. The highest BCUT2D eigenvalue weighted by atomic mass is 31.2. The molecule has 0 spiro atoms. The van der Waals surface area contributed by atoms with Crippen molar-refractivity contribution in [1.29, 1.82) is 0 Å². The summed E-state index contributed by atoms with van der Waals surface area (Å²) in [6.45, 7) is 40.6. The fraction of sp³-hybridized carbons (Fsp3) is 0.700. The van der Waals surface area contributed by atoms with Gasteiger partial charge >= 0.3 is 32.7 Å². The number of aromatic amines is 3. The van der Waals surface area contributed by atoms with Gasteiger partial charge in [-0.15, -0.1) is 0 Å². The first-order chi connectivity index (χ1) is 38.5. The average molecular weight is 1210 g/mol. The van der Waals surface area contributed by atoms with E-state index in [4.69, 9.17) is 70.1 Å². The average Bonchev–Trinajstić information content (AvgIpc) is 2.84. The number of phosphoric acid groups is 2. The molecule has 0 saturated carbocycles. The van der Waals surface area contributed by atoms with Gasteiger partial charge < -0.3 is 37.8 Å². The molecule has 29 nitrogen and oxygen atoms in total. The molecule has 3 aromatic rings. The number of H-pyrrole nitrogens is 3. The Labute approximate surface area is 474 Å². The number of hydrogen-bond acceptors (Lipinski definition) is 20. The van der Waals surface area contributed by atoms with Crippen LogP contribution in [0.1, 0.15) is 123 Å². The molecule has 3 aliphatic rings. The lowest BCUT2D eigenvalue weighted by molar-refractivity contribution is -0.136. The Balaban J connectivity index is 1.40. The molecule has 0 amide bonds. The summed E-state index contributed by atoms with van der Waals surface area (Å²) in [6, 6.07) is -0.284. The third kappa shape index (κ3) is 16.0. The number of ether oxygens (including phenoxy) is 3. The Morgan fingerprint density at radius 2 is 0.988 bits per heavy atom. The summed E-state index contributed by atoms with van der Waals surface area (Å²) < 4.78 is 106. The van der Waals surface area contributed by atoms with E-state index in [1.807, 2.05) is 32.4 Å². The van der Waals surface area contributed by atoms with Gasteiger partial charge in [0, 0.05) is 66.6 Å². The molecule has 6 rings (SSSR count). The van der Waals surface area contributed by atoms with Crippen molar-refractivity contribution in [3.8, 4) is 0 Å². The highest BCUT2D eigenvalue weighted by molar-refractivity contribution is 7.48. The minimum Gasteiger partial charge on any atom is -0.352 e. The van der Waals surface area contributed by atoms with Crippen molar-refractivity contribution >= 4 is 24.2 Å². The Hall–Kier alpha value is -5.08. The highest BCUT2D eigenvalue weighted by Crippen LogP contribution is 2.61. The quantitative estimate of drug-likeness (QED) is 0.0429. The first-order valence-corrected chi connectivity index (χ1v) is 30.6. The molecule has 3 aliphatic heterocycles. The second kappa shape index (κ2) is 27.8. The summed E-state index contributed by atoms with van der Waals surface area (Å²) in [6.07, 6.45) is -7.05. The molecular weight excluding hydrogens is 1140 g/mol. The molecule has 0 radical (unpaired) electrons. The summed E-state index contributed by atoms with van der Waals surface area (Å²) in [5.74, 6) is 0. The van der Waals surface area contributed by atoms with Crippen molar-refractivity contribution in [3.63, 3.8) is 0 Å². The van der Waals surface area contributed by atoms with E-state index in [-0.39, 0.29) is 80.7 Å².